The first-order valence-electron chi connectivity index (χ1n) is 7.52. The second-order valence-corrected chi connectivity index (χ2v) is 6.29. The molecule has 1 fully saturated rings. The topological polar surface area (TPSA) is 97.8 Å². The van der Waals surface area contributed by atoms with E-state index < -0.39 is 0 Å². The van der Waals surface area contributed by atoms with Gasteiger partial charge in [-0.1, -0.05) is 0 Å². The summed E-state index contributed by atoms with van der Waals surface area (Å²) in [4.78, 5) is 9.09. The van der Waals surface area contributed by atoms with Gasteiger partial charge < -0.3 is 14.8 Å². The van der Waals surface area contributed by atoms with Gasteiger partial charge in [0.05, 0.1) is 18.5 Å². The van der Waals surface area contributed by atoms with Crippen LogP contribution < -0.4 is 5.32 Å². The summed E-state index contributed by atoms with van der Waals surface area (Å²) in [6.07, 6.45) is 2.72. The fourth-order valence-corrected chi connectivity index (χ4v) is 3.02. The van der Waals surface area contributed by atoms with Gasteiger partial charge in [0.2, 0.25) is 0 Å². The number of H-pyrrole nitrogens is 1. The minimum Gasteiger partial charge on any atom is -0.381 e. The highest BCUT2D eigenvalue weighted by Gasteiger charge is 2.20. The van der Waals surface area contributed by atoms with E-state index in [2.05, 4.69) is 30.7 Å². The van der Waals surface area contributed by atoms with E-state index >= 15 is 0 Å². The number of nitrogens with zero attached hydrogens (tertiary/aromatic N) is 4. The number of ether oxygens (including phenoxy) is 2. The molecule has 0 radical (unpaired) electrons. The molecule has 1 aliphatic heterocycles. The fourth-order valence-electron chi connectivity index (χ4n) is 2.37. The monoisotopic (exact) mass is 336 g/mol. The maximum absolute atomic E-state index is 5.46. The molecule has 8 nitrogen and oxygen atoms in total. The fraction of sp³-hybridized carbons (Fsp3) is 0.571. The van der Waals surface area contributed by atoms with Gasteiger partial charge in [-0.25, -0.2) is 9.97 Å². The van der Waals surface area contributed by atoms with Crippen molar-refractivity contribution in [2.45, 2.75) is 24.0 Å². The molecular formula is C14H20N6O2S. The van der Waals surface area contributed by atoms with E-state index in [1.54, 1.807) is 25.1 Å². The Balaban J connectivity index is 1.60. The number of anilines is 1. The minimum absolute atomic E-state index is 0.346. The summed E-state index contributed by atoms with van der Waals surface area (Å²) in [6, 6.07) is 2.01. The second kappa shape index (κ2) is 8.23. The zero-order valence-electron chi connectivity index (χ0n) is 13.0. The van der Waals surface area contributed by atoms with E-state index in [1.807, 2.05) is 6.07 Å². The molecule has 0 saturated carbocycles. The maximum atomic E-state index is 5.46. The van der Waals surface area contributed by atoms with Crippen molar-refractivity contribution in [1.29, 1.82) is 0 Å². The summed E-state index contributed by atoms with van der Waals surface area (Å²) in [6.45, 7) is 2.71. The van der Waals surface area contributed by atoms with Crippen LogP contribution in [0.4, 0.5) is 5.82 Å². The highest BCUT2D eigenvalue weighted by atomic mass is 32.2. The third-order valence-corrected chi connectivity index (χ3v) is 4.37. The van der Waals surface area contributed by atoms with Crippen molar-refractivity contribution in [2.75, 3.05) is 37.9 Å². The molecule has 0 aliphatic carbocycles. The largest absolute Gasteiger partial charge is 0.381 e. The Kier molecular flexibility index (Phi) is 5.78. The van der Waals surface area contributed by atoms with Crippen LogP contribution in [0.15, 0.2) is 17.3 Å². The van der Waals surface area contributed by atoms with Gasteiger partial charge >= 0.3 is 0 Å². The predicted molar refractivity (Wildman–Crippen MR) is 86.5 cm³/mol. The molecule has 0 amide bonds. The molecule has 3 heterocycles. The molecule has 0 unspecified atom stereocenters. The Labute approximate surface area is 138 Å². The third kappa shape index (κ3) is 4.63. The summed E-state index contributed by atoms with van der Waals surface area (Å²) < 4.78 is 10.6. The van der Waals surface area contributed by atoms with Crippen LogP contribution in [0.3, 0.4) is 0 Å². The smallest absolute Gasteiger partial charge is 0.156 e. The Hall–Kier alpha value is -1.71. The minimum atomic E-state index is 0.346. The predicted octanol–water partition coefficient (Wildman–Crippen LogP) is 1.45. The molecule has 0 spiro atoms. The van der Waals surface area contributed by atoms with Gasteiger partial charge in [0.25, 0.3) is 0 Å². The highest BCUT2D eigenvalue weighted by molar-refractivity contribution is 7.99. The molecule has 1 atom stereocenters. The third-order valence-electron chi connectivity index (χ3n) is 3.46. The van der Waals surface area contributed by atoms with Gasteiger partial charge in [-0.05, 0) is 6.42 Å². The summed E-state index contributed by atoms with van der Waals surface area (Å²) in [5.74, 6) is 2.75. The summed E-state index contributed by atoms with van der Waals surface area (Å²) in [5.41, 5.74) is 1.02. The summed E-state index contributed by atoms with van der Waals surface area (Å²) in [7, 11) is 1.65. The molecule has 124 valence electrons. The lowest BCUT2D eigenvalue weighted by Crippen LogP contribution is -2.11. The van der Waals surface area contributed by atoms with E-state index in [4.69, 9.17) is 9.47 Å². The van der Waals surface area contributed by atoms with Crippen molar-refractivity contribution in [1.82, 2.24) is 25.4 Å². The number of aromatic amines is 1. The number of hydrogen-bond acceptors (Lipinski definition) is 8. The second-order valence-electron chi connectivity index (χ2n) is 5.17. The Morgan fingerprint density at radius 2 is 2.43 bits per heavy atom. The number of aromatic nitrogens is 5. The van der Waals surface area contributed by atoms with Gasteiger partial charge in [0.15, 0.2) is 5.82 Å². The maximum Gasteiger partial charge on any atom is 0.156 e. The average Bonchev–Trinajstić information content (AvgIpc) is 3.25. The lowest BCUT2D eigenvalue weighted by atomic mass is 10.0. The number of methoxy groups -OCH3 is 1. The first-order chi connectivity index (χ1) is 11.3. The van der Waals surface area contributed by atoms with E-state index in [9.17, 15) is 0 Å². The molecule has 2 N–H and O–H groups in total. The van der Waals surface area contributed by atoms with Gasteiger partial charge in [0, 0.05) is 38.0 Å². The van der Waals surface area contributed by atoms with Crippen LogP contribution in [-0.2, 0) is 16.1 Å². The highest BCUT2D eigenvalue weighted by Crippen LogP contribution is 2.25. The van der Waals surface area contributed by atoms with E-state index in [0.29, 0.717) is 18.3 Å². The van der Waals surface area contributed by atoms with Crippen LogP contribution in [0.2, 0.25) is 0 Å². The molecule has 9 heteroatoms. The number of hydrogen-bond donors (Lipinski definition) is 2. The quantitative estimate of drug-likeness (QED) is 0.552. The van der Waals surface area contributed by atoms with Crippen molar-refractivity contribution < 1.29 is 9.47 Å². The SMILES string of the molecule is COCc1nc(NCCSc2cn[nH]n2)cc([C@@H]2CCOC2)n1. The van der Waals surface area contributed by atoms with Crippen molar-refractivity contribution in [3.63, 3.8) is 0 Å². The zero-order valence-corrected chi connectivity index (χ0v) is 13.8. The molecular weight excluding hydrogens is 316 g/mol. The molecule has 2 aromatic heterocycles. The zero-order chi connectivity index (χ0) is 15.9. The Bertz CT molecular complexity index is 603. The molecule has 3 rings (SSSR count). The Morgan fingerprint density at radius 3 is 3.17 bits per heavy atom. The van der Waals surface area contributed by atoms with Crippen molar-refractivity contribution in [2.24, 2.45) is 0 Å². The molecule has 1 aliphatic rings. The first-order valence-corrected chi connectivity index (χ1v) is 8.50. The molecule has 0 bridgehead atoms. The number of thioether (sulfide) groups is 1. The molecule has 2 aromatic rings. The molecule has 1 saturated heterocycles. The van der Waals surface area contributed by atoms with E-state index in [-0.39, 0.29) is 0 Å². The van der Waals surface area contributed by atoms with Crippen molar-refractivity contribution >= 4 is 17.6 Å². The van der Waals surface area contributed by atoms with Crippen LogP contribution in [-0.4, -0.2) is 58.0 Å². The summed E-state index contributed by atoms with van der Waals surface area (Å²) >= 11 is 1.63. The average molecular weight is 336 g/mol. The van der Waals surface area contributed by atoms with Crippen LogP contribution in [0.5, 0.6) is 0 Å². The Morgan fingerprint density at radius 1 is 1.48 bits per heavy atom. The van der Waals surface area contributed by atoms with Gasteiger partial charge in [-0.2, -0.15) is 10.3 Å². The van der Waals surface area contributed by atoms with Crippen molar-refractivity contribution in [3.05, 3.63) is 23.8 Å². The normalized spacial score (nSPS) is 17.5. The van der Waals surface area contributed by atoms with Crippen LogP contribution in [0.25, 0.3) is 0 Å². The van der Waals surface area contributed by atoms with Gasteiger partial charge in [-0.3, -0.25) is 0 Å². The lowest BCUT2D eigenvalue weighted by Gasteiger charge is -2.12. The van der Waals surface area contributed by atoms with Crippen molar-refractivity contribution in [3.8, 4) is 0 Å². The molecule has 23 heavy (non-hydrogen) atoms. The van der Waals surface area contributed by atoms with E-state index in [1.165, 1.54) is 0 Å². The lowest BCUT2D eigenvalue weighted by molar-refractivity contribution is 0.177. The van der Waals surface area contributed by atoms with Gasteiger partial charge in [-0.15, -0.1) is 16.9 Å². The van der Waals surface area contributed by atoms with Crippen LogP contribution in [0.1, 0.15) is 23.9 Å². The number of nitrogens with one attached hydrogen (secondary N) is 2. The molecule has 0 aromatic carbocycles. The first kappa shape index (κ1) is 16.2. The van der Waals surface area contributed by atoms with Crippen LogP contribution >= 0.6 is 11.8 Å². The standard InChI is InChI=1S/C14H20N6O2S/c1-21-9-13-17-11(10-2-4-22-8-10)6-12(18-13)15-3-5-23-14-7-16-20-19-14/h6-7,10H,2-5,8-9H2,1H3,(H,15,17,18)(H,16,19,20)/t10-/m1/s1. The number of rotatable bonds is 8. The van der Waals surface area contributed by atoms with Gasteiger partial charge in [0.1, 0.15) is 17.5 Å². The summed E-state index contributed by atoms with van der Waals surface area (Å²) in [5, 5.41) is 14.6. The van der Waals surface area contributed by atoms with Crippen LogP contribution in [0, 0.1) is 0 Å². The van der Waals surface area contributed by atoms with E-state index in [0.717, 1.165) is 48.5 Å².